The van der Waals surface area contributed by atoms with Gasteiger partial charge in [0.1, 0.15) is 11.5 Å². The average molecular weight is 394 g/mol. The number of benzene rings is 2. The Morgan fingerprint density at radius 2 is 1.79 bits per heavy atom. The molecule has 1 saturated heterocycles. The van der Waals surface area contributed by atoms with Gasteiger partial charge in [0.05, 0.1) is 20.1 Å². The van der Waals surface area contributed by atoms with E-state index in [-0.39, 0.29) is 29.7 Å². The molecule has 1 heterocycles. The van der Waals surface area contributed by atoms with Crippen LogP contribution in [0.3, 0.4) is 0 Å². The maximum absolute atomic E-state index is 13.2. The summed E-state index contributed by atoms with van der Waals surface area (Å²) in [5.74, 6) is 0.896. The largest absolute Gasteiger partial charge is 0.497 e. The van der Waals surface area contributed by atoms with E-state index in [1.165, 1.54) is 0 Å². The minimum absolute atomic E-state index is 0.0179. The van der Waals surface area contributed by atoms with Crippen molar-refractivity contribution in [1.82, 2.24) is 10.2 Å². The Morgan fingerprint density at radius 3 is 2.52 bits per heavy atom. The number of ether oxygens (including phenoxy) is 2. The second kappa shape index (κ2) is 8.15. The SMILES string of the molecule is COc1cccc(C(=O)N2C[C@H](C(=O)NC3CC3)[C@H](c3ccccc3OC)C2)c1. The Balaban J connectivity index is 1.61. The normalized spacial score (nSPS) is 21.0. The molecule has 6 heteroatoms. The first kappa shape index (κ1) is 19.3. The molecule has 2 aromatic carbocycles. The van der Waals surface area contributed by atoms with Crippen LogP contribution in [0.5, 0.6) is 11.5 Å². The van der Waals surface area contributed by atoms with E-state index in [9.17, 15) is 9.59 Å². The van der Waals surface area contributed by atoms with E-state index in [4.69, 9.17) is 9.47 Å². The van der Waals surface area contributed by atoms with Crippen LogP contribution in [-0.2, 0) is 4.79 Å². The summed E-state index contributed by atoms with van der Waals surface area (Å²) in [4.78, 5) is 27.9. The third-order valence-corrected chi connectivity index (χ3v) is 5.72. The molecular weight excluding hydrogens is 368 g/mol. The third kappa shape index (κ3) is 4.06. The van der Waals surface area contributed by atoms with Gasteiger partial charge in [-0.25, -0.2) is 0 Å². The van der Waals surface area contributed by atoms with Crippen LogP contribution in [-0.4, -0.2) is 50.1 Å². The standard InChI is InChI=1S/C23H26N2O4/c1-28-17-7-5-6-15(12-17)23(27)25-13-19(18-8-3-4-9-21(18)29-2)20(14-25)22(26)24-16-10-11-16/h3-9,12,16,19-20H,10-11,13-14H2,1-2H3,(H,24,26)/t19-,20-/m0/s1. The highest BCUT2D eigenvalue weighted by Gasteiger charge is 2.42. The zero-order chi connectivity index (χ0) is 20.4. The van der Waals surface area contributed by atoms with Crippen LogP contribution in [0, 0.1) is 5.92 Å². The van der Waals surface area contributed by atoms with Crippen LogP contribution in [0.1, 0.15) is 34.7 Å². The molecule has 0 radical (unpaired) electrons. The Hall–Kier alpha value is -3.02. The molecular formula is C23H26N2O4. The van der Waals surface area contributed by atoms with Gasteiger partial charge in [0, 0.05) is 30.6 Å². The second-order valence-electron chi connectivity index (χ2n) is 7.68. The van der Waals surface area contributed by atoms with Crippen molar-refractivity contribution in [3.05, 3.63) is 59.7 Å². The fourth-order valence-electron chi connectivity index (χ4n) is 4.00. The van der Waals surface area contributed by atoms with Crippen LogP contribution in [0.25, 0.3) is 0 Å². The van der Waals surface area contributed by atoms with E-state index in [0.29, 0.717) is 24.4 Å². The molecule has 152 valence electrons. The molecule has 2 amide bonds. The quantitative estimate of drug-likeness (QED) is 0.818. The highest BCUT2D eigenvalue weighted by atomic mass is 16.5. The van der Waals surface area contributed by atoms with Gasteiger partial charge in [0.2, 0.25) is 5.91 Å². The Labute approximate surface area is 170 Å². The van der Waals surface area contributed by atoms with Crippen molar-refractivity contribution in [3.63, 3.8) is 0 Å². The molecule has 2 aromatic rings. The van der Waals surface area contributed by atoms with Crippen LogP contribution in [0.4, 0.5) is 0 Å². The van der Waals surface area contributed by atoms with Gasteiger partial charge in [-0.1, -0.05) is 24.3 Å². The highest BCUT2D eigenvalue weighted by molar-refractivity contribution is 5.95. The number of para-hydroxylation sites is 1. The Kier molecular flexibility index (Phi) is 5.43. The van der Waals surface area contributed by atoms with Crippen LogP contribution < -0.4 is 14.8 Å². The molecule has 1 aliphatic heterocycles. The Morgan fingerprint density at radius 1 is 1.00 bits per heavy atom. The molecule has 6 nitrogen and oxygen atoms in total. The number of hydrogen-bond donors (Lipinski definition) is 1. The maximum atomic E-state index is 13.2. The summed E-state index contributed by atoms with van der Waals surface area (Å²) in [6.45, 7) is 0.858. The summed E-state index contributed by atoms with van der Waals surface area (Å²) in [5.41, 5.74) is 1.53. The van der Waals surface area contributed by atoms with Gasteiger partial charge in [-0.2, -0.15) is 0 Å². The molecule has 0 unspecified atom stereocenters. The number of methoxy groups -OCH3 is 2. The van der Waals surface area contributed by atoms with Crippen LogP contribution in [0.2, 0.25) is 0 Å². The lowest BCUT2D eigenvalue weighted by Crippen LogP contribution is -2.36. The van der Waals surface area contributed by atoms with Crippen molar-refractivity contribution < 1.29 is 19.1 Å². The number of likely N-dealkylation sites (tertiary alicyclic amines) is 1. The summed E-state index contributed by atoms with van der Waals surface area (Å²) in [6.07, 6.45) is 2.06. The lowest BCUT2D eigenvalue weighted by Gasteiger charge is -2.20. The number of amides is 2. The van der Waals surface area contributed by atoms with Crippen molar-refractivity contribution in [2.75, 3.05) is 27.3 Å². The zero-order valence-electron chi connectivity index (χ0n) is 16.8. The summed E-state index contributed by atoms with van der Waals surface area (Å²) in [6, 6.07) is 15.2. The number of nitrogens with zero attached hydrogens (tertiary/aromatic N) is 1. The van der Waals surface area contributed by atoms with Crippen molar-refractivity contribution in [1.29, 1.82) is 0 Å². The number of carbonyl (C=O) groups excluding carboxylic acids is 2. The first-order chi connectivity index (χ1) is 14.1. The average Bonchev–Trinajstić information content (AvgIpc) is 3.47. The van der Waals surface area contributed by atoms with Crippen molar-refractivity contribution in [3.8, 4) is 11.5 Å². The molecule has 1 N–H and O–H groups in total. The highest BCUT2D eigenvalue weighted by Crippen LogP contribution is 2.38. The van der Waals surface area contributed by atoms with Crippen molar-refractivity contribution in [2.45, 2.75) is 24.8 Å². The summed E-state index contributed by atoms with van der Waals surface area (Å²) < 4.78 is 10.8. The fraction of sp³-hybridized carbons (Fsp3) is 0.391. The predicted molar refractivity (Wildman–Crippen MR) is 109 cm³/mol. The van der Waals surface area contributed by atoms with Crippen LogP contribution in [0.15, 0.2) is 48.5 Å². The molecule has 2 fully saturated rings. The molecule has 0 bridgehead atoms. The van der Waals surface area contributed by atoms with E-state index in [1.54, 1.807) is 37.3 Å². The lowest BCUT2D eigenvalue weighted by atomic mass is 9.87. The van der Waals surface area contributed by atoms with E-state index >= 15 is 0 Å². The monoisotopic (exact) mass is 394 g/mol. The molecule has 0 spiro atoms. The van der Waals surface area contributed by atoms with Gasteiger partial charge >= 0.3 is 0 Å². The molecule has 29 heavy (non-hydrogen) atoms. The van der Waals surface area contributed by atoms with Gasteiger partial charge in [0.15, 0.2) is 0 Å². The third-order valence-electron chi connectivity index (χ3n) is 5.72. The van der Waals surface area contributed by atoms with E-state index in [1.807, 2.05) is 30.3 Å². The predicted octanol–water partition coefficient (Wildman–Crippen LogP) is 2.84. The summed E-state index contributed by atoms with van der Waals surface area (Å²) in [7, 11) is 3.21. The van der Waals surface area contributed by atoms with E-state index in [0.717, 1.165) is 24.2 Å². The van der Waals surface area contributed by atoms with Crippen LogP contribution >= 0.6 is 0 Å². The summed E-state index contributed by atoms with van der Waals surface area (Å²) in [5, 5.41) is 3.11. The Bertz CT molecular complexity index is 909. The molecule has 2 aliphatic rings. The first-order valence-corrected chi connectivity index (χ1v) is 9.97. The number of rotatable bonds is 6. The van der Waals surface area contributed by atoms with E-state index in [2.05, 4.69) is 5.32 Å². The van der Waals surface area contributed by atoms with Crippen molar-refractivity contribution >= 4 is 11.8 Å². The van der Waals surface area contributed by atoms with Gasteiger partial charge in [0.25, 0.3) is 5.91 Å². The number of carbonyl (C=O) groups is 2. The first-order valence-electron chi connectivity index (χ1n) is 9.97. The van der Waals surface area contributed by atoms with Gasteiger partial charge in [-0.15, -0.1) is 0 Å². The molecule has 1 saturated carbocycles. The fourth-order valence-corrected chi connectivity index (χ4v) is 4.00. The minimum Gasteiger partial charge on any atom is -0.497 e. The number of hydrogen-bond acceptors (Lipinski definition) is 4. The zero-order valence-corrected chi connectivity index (χ0v) is 16.8. The van der Waals surface area contributed by atoms with Gasteiger partial charge < -0.3 is 19.7 Å². The minimum atomic E-state index is -0.304. The second-order valence-corrected chi connectivity index (χ2v) is 7.68. The smallest absolute Gasteiger partial charge is 0.254 e. The molecule has 0 aromatic heterocycles. The topological polar surface area (TPSA) is 67.9 Å². The molecule has 2 atom stereocenters. The number of nitrogens with one attached hydrogen (secondary N) is 1. The van der Waals surface area contributed by atoms with Crippen molar-refractivity contribution in [2.24, 2.45) is 5.92 Å². The maximum Gasteiger partial charge on any atom is 0.254 e. The molecule has 1 aliphatic carbocycles. The van der Waals surface area contributed by atoms with E-state index < -0.39 is 0 Å². The van der Waals surface area contributed by atoms with Gasteiger partial charge in [-0.3, -0.25) is 9.59 Å². The molecule has 4 rings (SSSR count). The lowest BCUT2D eigenvalue weighted by molar-refractivity contribution is -0.125. The summed E-state index contributed by atoms with van der Waals surface area (Å²) >= 11 is 0. The van der Waals surface area contributed by atoms with Gasteiger partial charge in [-0.05, 0) is 42.7 Å².